The van der Waals surface area contributed by atoms with Crippen LogP contribution in [0.3, 0.4) is 0 Å². The summed E-state index contributed by atoms with van der Waals surface area (Å²) in [5, 5.41) is 2.70. The molecule has 3 aromatic rings. The average molecular weight is 252 g/mol. The van der Waals surface area contributed by atoms with Gasteiger partial charge in [0, 0.05) is 6.20 Å². The monoisotopic (exact) mass is 252 g/mol. The molecule has 0 bridgehead atoms. The summed E-state index contributed by atoms with van der Waals surface area (Å²) >= 11 is 0. The van der Waals surface area contributed by atoms with Crippen molar-refractivity contribution in [2.24, 2.45) is 0 Å². The van der Waals surface area contributed by atoms with Gasteiger partial charge >= 0.3 is 0 Å². The number of nitrogens with one attached hydrogen (secondary N) is 2. The number of hydrogen-bond donors (Lipinski definition) is 2. The first-order chi connectivity index (χ1) is 9.22. The Morgan fingerprint density at radius 2 is 2.05 bits per heavy atom. The predicted molar refractivity (Wildman–Crippen MR) is 73.0 cm³/mol. The van der Waals surface area contributed by atoms with Crippen molar-refractivity contribution in [3.63, 3.8) is 0 Å². The maximum atomic E-state index is 12.0. The van der Waals surface area contributed by atoms with Gasteiger partial charge in [0.2, 0.25) is 0 Å². The number of carbonyl (C=O) groups excluding carboxylic acids is 1. The number of aromatic amines is 1. The fraction of sp³-hybridized carbons (Fsp3) is 0.0714. The van der Waals surface area contributed by atoms with Crippen LogP contribution in [0.1, 0.15) is 16.2 Å². The molecule has 0 aliphatic heterocycles. The fourth-order valence-electron chi connectivity index (χ4n) is 1.78. The SMILES string of the molecule is Cc1ccc(NC(=O)c2nc3ccccc3[nH]2)nc1. The number of anilines is 1. The van der Waals surface area contributed by atoms with Gasteiger partial charge in [-0.05, 0) is 30.7 Å². The molecule has 0 spiro atoms. The third-order valence-electron chi connectivity index (χ3n) is 2.76. The molecule has 3 rings (SSSR count). The molecule has 0 atom stereocenters. The van der Waals surface area contributed by atoms with Gasteiger partial charge in [-0.25, -0.2) is 9.97 Å². The first kappa shape index (κ1) is 11.4. The minimum absolute atomic E-state index is 0.281. The summed E-state index contributed by atoms with van der Waals surface area (Å²) in [6.07, 6.45) is 1.70. The zero-order valence-corrected chi connectivity index (χ0v) is 10.3. The predicted octanol–water partition coefficient (Wildman–Crippen LogP) is 2.52. The number of nitrogens with zero attached hydrogens (tertiary/aromatic N) is 2. The van der Waals surface area contributed by atoms with Crippen molar-refractivity contribution in [1.82, 2.24) is 15.0 Å². The zero-order valence-electron chi connectivity index (χ0n) is 10.3. The van der Waals surface area contributed by atoms with E-state index in [1.165, 1.54) is 0 Å². The number of para-hydroxylation sites is 2. The average Bonchev–Trinajstić information content (AvgIpc) is 2.85. The first-order valence-corrected chi connectivity index (χ1v) is 5.91. The van der Waals surface area contributed by atoms with Crippen LogP contribution in [0, 0.1) is 6.92 Å². The molecule has 2 heterocycles. The molecule has 19 heavy (non-hydrogen) atoms. The Hall–Kier alpha value is -2.69. The van der Waals surface area contributed by atoms with Gasteiger partial charge in [0.25, 0.3) is 5.91 Å². The highest BCUT2D eigenvalue weighted by Gasteiger charge is 2.11. The van der Waals surface area contributed by atoms with E-state index in [0.29, 0.717) is 5.82 Å². The summed E-state index contributed by atoms with van der Waals surface area (Å²) in [7, 11) is 0. The number of aromatic nitrogens is 3. The second kappa shape index (κ2) is 4.53. The lowest BCUT2D eigenvalue weighted by atomic mass is 10.3. The molecule has 0 radical (unpaired) electrons. The van der Waals surface area contributed by atoms with Crippen LogP contribution in [-0.2, 0) is 0 Å². The van der Waals surface area contributed by atoms with Crippen LogP contribution in [0.15, 0.2) is 42.6 Å². The number of amides is 1. The van der Waals surface area contributed by atoms with Crippen molar-refractivity contribution in [2.45, 2.75) is 6.92 Å². The van der Waals surface area contributed by atoms with Gasteiger partial charge in [0.05, 0.1) is 11.0 Å². The molecule has 0 aliphatic rings. The number of carbonyl (C=O) groups is 1. The minimum Gasteiger partial charge on any atom is -0.334 e. The third-order valence-corrected chi connectivity index (χ3v) is 2.76. The highest BCUT2D eigenvalue weighted by Crippen LogP contribution is 2.11. The van der Waals surface area contributed by atoms with Crippen LogP contribution >= 0.6 is 0 Å². The standard InChI is InChI=1S/C14H12N4O/c1-9-6-7-12(15-8-9)18-14(19)13-16-10-4-2-3-5-11(10)17-13/h2-8H,1H3,(H,16,17)(H,15,18,19). The lowest BCUT2D eigenvalue weighted by Crippen LogP contribution is -2.14. The second-order valence-corrected chi connectivity index (χ2v) is 4.28. The zero-order chi connectivity index (χ0) is 13.2. The molecule has 2 aromatic heterocycles. The van der Waals surface area contributed by atoms with Gasteiger partial charge in [0.1, 0.15) is 5.82 Å². The van der Waals surface area contributed by atoms with Crippen LogP contribution in [-0.4, -0.2) is 20.9 Å². The highest BCUT2D eigenvalue weighted by atomic mass is 16.2. The summed E-state index contributed by atoms with van der Waals surface area (Å²) in [6.45, 7) is 1.94. The van der Waals surface area contributed by atoms with Crippen molar-refractivity contribution in [2.75, 3.05) is 5.32 Å². The molecule has 0 saturated heterocycles. The van der Waals surface area contributed by atoms with E-state index in [2.05, 4.69) is 20.3 Å². The van der Waals surface area contributed by atoms with E-state index in [-0.39, 0.29) is 11.7 Å². The summed E-state index contributed by atoms with van der Waals surface area (Å²) < 4.78 is 0. The number of pyridine rings is 1. The van der Waals surface area contributed by atoms with Gasteiger partial charge in [-0.15, -0.1) is 0 Å². The molecule has 0 unspecified atom stereocenters. The van der Waals surface area contributed by atoms with Gasteiger partial charge in [0.15, 0.2) is 5.82 Å². The van der Waals surface area contributed by atoms with Gasteiger partial charge in [-0.2, -0.15) is 0 Å². The first-order valence-electron chi connectivity index (χ1n) is 5.91. The molecular formula is C14H12N4O. The maximum absolute atomic E-state index is 12.0. The Balaban J connectivity index is 1.85. The van der Waals surface area contributed by atoms with Crippen molar-refractivity contribution in [1.29, 1.82) is 0 Å². The topological polar surface area (TPSA) is 70.7 Å². The lowest BCUT2D eigenvalue weighted by molar-refractivity contribution is 0.101. The van der Waals surface area contributed by atoms with Gasteiger partial charge < -0.3 is 10.3 Å². The summed E-state index contributed by atoms with van der Waals surface area (Å²) in [5.41, 5.74) is 2.65. The molecule has 5 heteroatoms. The van der Waals surface area contributed by atoms with Gasteiger partial charge in [-0.1, -0.05) is 18.2 Å². The van der Waals surface area contributed by atoms with Crippen molar-refractivity contribution in [3.05, 3.63) is 54.0 Å². The van der Waals surface area contributed by atoms with Crippen molar-refractivity contribution >= 4 is 22.8 Å². The number of aryl methyl sites for hydroxylation is 1. The Bertz CT molecular complexity index is 698. The van der Waals surface area contributed by atoms with E-state index in [4.69, 9.17) is 0 Å². The maximum Gasteiger partial charge on any atom is 0.292 e. The Labute approximate surface area is 109 Å². The van der Waals surface area contributed by atoms with E-state index in [0.717, 1.165) is 16.6 Å². The number of H-pyrrole nitrogens is 1. The summed E-state index contributed by atoms with van der Waals surface area (Å²) in [4.78, 5) is 23.4. The molecular weight excluding hydrogens is 240 g/mol. The van der Waals surface area contributed by atoms with Crippen LogP contribution in [0.2, 0.25) is 0 Å². The molecule has 2 N–H and O–H groups in total. The normalized spacial score (nSPS) is 10.6. The number of hydrogen-bond acceptors (Lipinski definition) is 3. The van der Waals surface area contributed by atoms with Crippen LogP contribution < -0.4 is 5.32 Å². The quantitative estimate of drug-likeness (QED) is 0.736. The lowest BCUT2D eigenvalue weighted by Gasteiger charge is -2.01. The number of fused-ring (bicyclic) bond motifs is 1. The van der Waals surface area contributed by atoms with E-state index >= 15 is 0 Å². The van der Waals surface area contributed by atoms with Crippen molar-refractivity contribution < 1.29 is 4.79 Å². The molecule has 0 aliphatic carbocycles. The van der Waals surface area contributed by atoms with E-state index in [1.54, 1.807) is 12.3 Å². The molecule has 0 fully saturated rings. The number of rotatable bonds is 2. The number of benzene rings is 1. The Morgan fingerprint density at radius 1 is 1.21 bits per heavy atom. The summed E-state index contributed by atoms with van der Waals surface area (Å²) in [5.74, 6) is 0.493. The van der Waals surface area contributed by atoms with Crippen LogP contribution in [0.5, 0.6) is 0 Å². The van der Waals surface area contributed by atoms with Crippen LogP contribution in [0.25, 0.3) is 11.0 Å². The molecule has 1 amide bonds. The molecule has 0 saturated carbocycles. The smallest absolute Gasteiger partial charge is 0.292 e. The minimum atomic E-state index is -0.299. The fourth-order valence-corrected chi connectivity index (χ4v) is 1.78. The molecule has 1 aromatic carbocycles. The Kier molecular flexibility index (Phi) is 2.72. The Morgan fingerprint density at radius 3 is 2.79 bits per heavy atom. The summed E-state index contributed by atoms with van der Waals surface area (Å²) in [6, 6.07) is 11.2. The largest absolute Gasteiger partial charge is 0.334 e. The number of imidazole rings is 1. The van der Waals surface area contributed by atoms with E-state index in [1.807, 2.05) is 37.3 Å². The second-order valence-electron chi connectivity index (χ2n) is 4.28. The van der Waals surface area contributed by atoms with Crippen LogP contribution in [0.4, 0.5) is 5.82 Å². The molecule has 5 nitrogen and oxygen atoms in total. The molecule has 94 valence electrons. The van der Waals surface area contributed by atoms with Crippen molar-refractivity contribution in [3.8, 4) is 0 Å². The van der Waals surface area contributed by atoms with E-state index in [9.17, 15) is 4.79 Å². The van der Waals surface area contributed by atoms with Gasteiger partial charge in [-0.3, -0.25) is 4.79 Å². The van der Waals surface area contributed by atoms with E-state index < -0.39 is 0 Å². The highest BCUT2D eigenvalue weighted by molar-refractivity contribution is 6.02. The third kappa shape index (κ3) is 2.30.